The zero-order valence-electron chi connectivity index (χ0n) is 20.8. The maximum Gasteiger partial charge on any atom is 0.416 e. The van der Waals surface area contributed by atoms with Crippen molar-refractivity contribution in [2.45, 2.75) is 23.8 Å². The van der Waals surface area contributed by atoms with Gasteiger partial charge < -0.3 is 18.7 Å². The Labute approximate surface area is 225 Å². The van der Waals surface area contributed by atoms with Crippen molar-refractivity contribution in [2.75, 3.05) is 14.2 Å². The fourth-order valence-corrected chi connectivity index (χ4v) is 4.19. The third-order valence-electron chi connectivity index (χ3n) is 5.35. The van der Waals surface area contributed by atoms with Crippen molar-refractivity contribution in [2.24, 2.45) is 5.16 Å². The summed E-state index contributed by atoms with van der Waals surface area (Å²) < 4.78 is 55.1. The molecule has 0 N–H and O–H groups in total. The molecule has 39 heavy (non-hydrogen) atoms. The van der Waals surface area contributed by atoms with E-state index < -0.39 is 17.7 Å². The van der Waals surface area contributed by atoms with Gasteiger partial charge in [0.15, 0.2) is 5.71 Å². The Morgan fingerprint density at radius 1 is 1.00 bits per heavy atom. The molecule has 0 spiro atoms. The second-order valence-electron chi connectivity index (χ2n) is 7.94. The van der Waals surface area contributed by atoms with E-state index in [1.807, 2.05) is 6.07 Å². The number of halogens is 3. The number of aromatic nitrogens is 2. The maximum absolute atomic E-state index is 12.9. The lowest BCUT2D eigenvalue weighted by atomic mass is 10.0. The number of thioether (sulfide) groups is 1. The summed E-state index contributed by atoms with van der Waals surface area (Å²) in [6.45, 7) is 0.145. The fraction of sp³-hybridized carbons (Fsp3) is 0.185. The molecule has 0 unspecified atom stereocenters. The maximum atomic E-state index is 12.9. The summed E-state index contributed by atoms with van der Waals surface area (Å²) in [6.07, 6.45) is -4.40. The summed E-state index contributed by atoms with van der Waals surface area (Å²) in [5.41, 5.74) is 1.66. The number of carbonyl (C=O) groups excluding carboxylic acids is 1. The molecule has 0 saturated heterocycles. The number of ether oxygens (including phenoxy) is 2. The molecule has 0 atom stereocenters. The van der Waals surface area contributed by atoms with Crippen LogP contribution in [0.1, 0.15) is 22.3 Å². The lowest BCUT2D eigenvalue weighted by molar-refractivity contribution is -0.137. The van der Waals surface area contributed by atoms with Crippen LogP contribution in [0.5, 0.6) is 5.75 Å². The van der Waals surface area contributed by atoms with E-state index in [4.69, 9.17) is 18.7 Å². The fourth-order valence-electron chi connectivity index (χ4n) is 3.48. The number of esters is 1. The molecule has 8 nitrogen and oxygen atoms in total. The Balaban J connectivity index is 1.39. The highest BCUT2D eigenvalue weighted by molar-refractivity contribution is 7.98. The summed E-state index contributed by atoms with van der Waals surface area (Å²) in [6, 6.07) is 19.1. The van der Waals surface area contributed by atoms with E-state index in [2.05, 4.69) is 15.4 Å². The average Bonchev–Trinajstić information content (AvgIpc) is 3.43. The van der Waals surface area contributed by atoms with Gasteiger partial charge in [-0.05, 0) is 41.5 Å². The van der Waals surface area contributed by atoms with E-state index in [-0.39, 0.29) is 29.2 Å². The second kappa shape index (κ2) is 12.5. The van der Waals surface area contributed by atoms with Crippen LogP contribution in [-0.4, -0.2) is 36.1 Å². The smallest absolute Gasteiger partial charge is 0.416 e. The SMILES string of the molecule is CO/N=C(\C(=O)OC)c1ccccc1COc1ccc(-c2nnc(SCc3cccc(C(F)(F)F)c3)o2)cc1. The highest BCUT2D eigenvalue weighted by Gasteiger charge is 2.30. The van der Waals surface area contributed by atoms with Gasteiger partial charge in [-0.2, -0.15) is 13.2 Å². The molecule has 1 aromatic heterocycles. The molecule has 0 bridgehead atoms. The zero-order chi connectivity index (χ0) is 27.8. The van der Waals surface area contributed by atoms with E-state index in [9.17, 15) is 18.0 Å². The van der Waals surface area contributed by atoms with Crippen molar-refractivity contribution in [1.82, 2.24) is 10.2 Å². The Kier molecular flexibility index (Phi) is 8.87. The predicted octanol–water partition coefficient (Wildman–Crippen LogP) is 6.15. The van der Waals surface area contributed by atoms with Crippen molar-refractivity contribution in [1.29, 1.82) is 0 Å². The van der Waals surface area contributed by atoms with Crippen LogP contribution in [0.15, 0.2) is 87.6 Å². The molecule has 0 amide bonds. The van der Waals surface area contributed by atoms with Gasteiger partial charge in [-0.1, -0.05) is 59.4 Å². The first-order chi connectivity index (χ1) is 18.8. The minimum atomic E-state index is -4.40. The number of hydrogen-bond acceptors (Lipinski definition) is 9. The van der Waals surface area contributed by atoms with Crippen molar-refractivity contribution >= 4 is 23.4 Å². The van der Waals surface area contributed by atoms with Crippen LogP contribution >= 0.6 is 11.8 Å². The van der Waals surface area contributed by atoms with E-state index >= 15 is 0 Å². The van der Waals surface area contributed by atoms with E-state index in [0.29, 0.717) is 28.0 Å². The number of hydrogen-bond donors (Lipinski definition) is 0. The standard InChI is InChI=1S/C27H22F3N3O5S/c1-35-25(34)23(33-36-2)22-9-4-3-7-19(22)15-37-21-12-10-18(11-13-21)24-31-32-26(38-24)39-16-17-6-5-8-20(14-17)27(28,29)30/h3-14H,15-16H2,1-2H3/b33-23-. The first kappa shape index (κ1) is 27.7. The molecule has 0 fully saturated rings. The van der Waals surface area contributed by atoms with Crippen LogP contribution in [0.4, 0.5) is 13.2 Å². The van der Waals surface area contributed by atoms with Crippen LogP contribution in [0.2, 0.25) is 0 Å². The number of benzene rings is 3. The molecule has 3 aromatic carbocycles. The van der Waals surface area contributed by atoms with Gasteiger partial charge in [-0.15, -0.1) is 10.2 Å². The van der Waals surface area contributed by atoms with Crippen LogP contribution in [-0.2, 0) is 32.9 Å². The predicted molar refractivity (Wildman–Crippen MR) is 137 cm³/mol. The summed E-state index contributed by atoms with van der Waals surface area (Å²) >= 11 is 1.14. The van der Waals surface area contributed by atoms with Crippen molar-refractivity contribution in [3.8, 4) is 17.2 Å². The molecule has 0 aliphatic heterocycles. The highest BCUT2D eigenvalue weighted by Crippen LogP contribution is 2.32. The van der Waals surface area contributed by atoms with Crippen LogP contribution in [0, 0.1) is 0 Å². The van der Waals surface area contributed by atoms with E-state index in [1.54, 1.807) is 48.5 Å². The first-order valence-corrected chi connectivity index (χ1v) is 12.4. The number of methoxy groups -OCH3 is 1. The summed E-state index contributed by atoms with van der Waals surface area (Å²) in [5, 5.41) is 12.0. The number of rotatable bonds is 10. The zero-order valence-corrected chi connectivity index (χ0v) is 21.6. The molecule has 0 aliphatic rings. The molecule has 1 heterocycles. The summed E-state index contributed by atoms with van der Waals surface area (Å²) in [7, 11) is 2.60. The molecule has 0 aliphatic carbocycles. The lowest BCUT2D eigenvalue weighted by Crippen LogP contribution is -2.19. The molecule has 4 aromatic rings. The molecular formula is C27H22F3N3O5S. The van der Waals surface area contributed by atoms with Crippen LogP contribution in [0.3, 0.4) is 0 Å². The van der Waals surface area contributed by atoms with Gasteiger partial charge in [0.1, 0.15) is 19.5 Å². The number of alkyl halides is 3. The van der Waals surface area contributed by atoms with E-state index in [0.717, 1.165) is 23.9 Å². The Hall–Kier alpha value is -4.32. The minimum absolute atomic E-state index is 0.0210. The molecule has 0 saturated carbocycles. The van der Waals surface area contributed by atoms with Gasteiger partial charge in [0, 0.05) is 16.9 Å². The topological polar surface area (TPSA) is 96.0 Å². The first-order valence-electron chi connectivity index (χ1n) is 11.4. The van der Waals surface area contributed by atoms with Crippen LogP contribution < -0.4 is 4.74 Å². The van der Waals surface area contributed by atoms with Crippen molar-refractivity contribution in [3.63, 3.8) is 0 Å². The van der Waals surface area contributed by atoms with Crippen molar-refractivity contribution in [3.05, 3.63) is 95.1 Å². The van der Waals surface area contributed by atoms with Gasteiger partial charge in [0.25, 0.3) is 5.22 Å². The van der Waals surface area contributed by atoms with Gasteiger partial charge in [0.2, 0.25) is 5.89 Å². The minimum Gasteiger partial charge on any atom is -0.489 e. The summed E-state index contributed by atoms with van der Waals surface area (Å²) in [5.74, 6) is 0.417. The number of nitrogens with zero attached hydrogens (tertiary/aromatic N) is 3. The van der Waals surface area contributed by atoms with Crippen molar-refractivity contribution < 1.29 is 36.7 Å². The Morgan fingerprint density at radius 3 is 2.49 bits per heavy atom. The third-order valence-corrected chi connectivity index (χ3v) is 6.24. The van der Waals surface area contributed by atoms with Gasteiger partial charge in [-0.3, -0.25) is 0 Å². The largest absolute Gasteiger partial charge is 0.489 e. The average molecular weight is 558 g/mol. The number of oxime groups is 1. The van der Waals surface area contributed by atoms with Gasteiger partial charge >= 0.3 is 12.1 Å². The number of carbonyl (C=O) groups is 1. The highest BCUT2D eigenvalue weighted by atomic mass is 32.2. The monoisotopic (exact) mass is 557 g/mol. The third kappa shape index (κ3) is 7.17. The molecule has 12 heteroatoms. The van der Waals surface area contributed by atoms with Gasteiger partial charge in [0.05, 0.1) is 12.7 Å². The lowest BCUT2D eigenvalue weighted by Gasteiger charge is -2.12. The normalized spacial score (nSPS) is 11.8. The molecule has 4 rings (SSSR count). The van der Waals surface area contributed by atoms with E-state index in [1.165, 1.54) is 20.3 Å². The Morgan fingerprint density at radius 2 is 1.77 bits per heavy atom. The quantitative estimate of drug-likeness (QED) is 0.0992. The Bertz CT molecular complexity index is 1460. The van der Waals surface area contributed by atoms with Gasteiger partial charge in [-0.25, -0.2) is 4.79 Å². The van der Waals surface area contributed by atoms with Crippen LogP contribution in [0.25, 0.3) is 11.5 Å². The molecule has 0 radical (unpaired) electrons. The summed E-state index contributed by atoms with van der Waals surface area (Å²) in [4.78, 5) is 16.9. The molecule has 202 valence electrons. The molecular weight excluding hydrogens is 535 g/mol. The second-order valence-corrected chi connectivity index (χ2v) is 8.87.